The lowest BCUT2D eigenvalue weighted by Gasteiger charge is -2.03. The van der Waals surface area contributed by atoms with Gasteiger partial charge in [-0.2, -0.15) is 10.2 Å². The second-order valence-corrected chi connectivity index (χ2v) is 7.34. The normalized spacial score (nSPS) is 11.5. The molecular weight excluding hydrogens is 419 g/mol. The molecule has 0 aliphatic rings. The summed E-state index contributed by atoms with van der Waals surface area (Å²) in [5, 5.41) is 8.71. The highest BCUT2D eigenvalue weighted by molar-refractivity contribution is 6.32. The van der Waals surface area contributed by atoms with E-state index in [1.807, 2.05) is 13.0 Å². The number of imidazole rings is 1. The van der Waals surface area contributed by atoms with E-state index in [-0.39, 0.29) is 11.7 Å². The number of hydrogen-bond donors (Lipinski definition) is 1. The summed E-state index contributed by atoms with van der Waals surface area (Å²) in [5.41, 5.74) is 6.50. The minimum absolute atomic E-state index is 0.309. The molecule has 2 aromatic carbocycles. The molecule has 0 saturated heterocycles. The van der Waals surface area contributed by atoms with Crippen molar-refractivity contribution in [2.45, 2.75) is 27.3 Å². The average Bonchev–Trinajstić information content (AvgIpc) is 3.23. The van der Waals surface area contributed by atoms with Crippen LogP contribution in [-0.2, 0) is 6.54 Å². The molecule has 0 atom stereocenters. The molecule has 7 nitrogen and oxygen atoms in total. The lowest BCUT2D eigenvalue weighted by atomic mass is 10.2. The quantitative estimate of drug-likeness (QED) is 0.370. The summed E-state index contributed by atoms with van der Waals surface area (Å²) in [6.45, 7) is 6.57. The number of aromatic nitrogens is 4. The largest absolute Gasteiger partial charge is 0.329 e. The average molecular weight is 439 g/mol. The summed E-state index contributed by atoms with van der Waals surface area (Å²) in [6.07, 6.45) is 1.44. The second-order valence-electron chi connectivity index (χ2n) is 6.98. The van der Waals surface area contributed by atoms with E-state index in [4.69, 9.17) is 11.6 Å². The summed E-state index contributed by atoms with van der Waals surface area (Å²) in [5.74, 6) is 0.195. The maximum absolute atomic E-state index is 13.2. The maximum Gasteiger partial charge on any atom is 0.271 e. The fraction of sp³-hybridized carbons (Fsp3) is 0.182. The minimum atomic E-state index is -0.360. The first kappa shape index (κ1) is 20.7. The third-order valence-electron chi connectivity index (χ3n) is 5.00. The summed E-state index contributed by atoms with van der Waals surface area (Å²) < 4.78 is 16.7. The molecule has 0 spiro atoms. The van der Waals surface area contributed by atoms with Crippen molar-refractivity contribution in [1.29, 1.82) is 0 Å². The molecule has 0 aliphatic heterocycles. The molecule has 9 heteroatoms. The van der Waals surface area contributed by atoms with Gasteiger partial charge in [0.25, 0.3) is 5.91 Å². The van der Waals surface area contributed by atoms with Crippen molar-refractivity contribution in [2.24, 2.45) is 5.10 Å². The van der Waals surface area contributed by atoms with Crippen molar-refractivity contribution in [3.05, 3.63) is 76.1 Å². The van der Waals surface area contributed by atoms with Gasteiger partial charge in [-0.3, -0.25) is 4.79 Å². The fourth-order valence-corrected chi connectivity index (χ4v) is 3.74. The number of nitrogens with zero attached hydrogens (tertiary/aromatic N) is 5. The van der Waals surface area contributed by atoms with Crippen LogP contribution in [0.2, 0.25) is 5.15 Å². The molecule has 31 heavy (non-hydrogen) atoms. The molecule has 158 valence electrons. The van der Waals surface area contributed by atoms with Gasteiger partial charge in [0.15, 0.2) is 0 Å². The summed E-state index contributed by atoms with van der Waals surface area (Å²) in [7, 11) is 0. The maximum atomic E-state index is 13.2. The van der Waals surface area contributed by atoms with Crippen LogP contribution in [0, 0.1) is 19.7 Å². The van der Waals surface area contributed by atoms with Crippen molar-refractivity contribution in [2.75, 3.05) is 0 Å². The molecule has 4 aromatic rings. The van der Waals surface area contributed by atoms with Crippen LogP contribution in [-0.4, -0.2) is 31.5 Å². The molecular formula is C22H20ClFN6O. The zero-order valence-electron chi connectivity index (χ0n) is 17.2. The number of carbonyl (C=O) groups is 1. The molecule has 0 aliphatic carbocycles. The standard InChI is InChI=1S/C22H20ClFN6O/c1-4-29-14(3)26-19-11-15(5-10-20(19)29)22(31)27-25-12-18-13(2)28-30(21(18)23)17-8-6-16(24)7-9-17/h5-12H,4H2,1-3H3,(H,27,31)/b25-12+. The van der Waals surface area contributed by atoms with Gasteiger partial charge in [-0.25, -0.2) is 19.5 Å². The van der Waals surface area contributed by atoms with Gasteiger partial charge in [-0.1, -0.05) is 11.6 Å². The van der Waals surface area contributed by atoms with Gasteiger partial charge < -0.3 is 4.57 Å². The molecule has 2 heterocycles. The van der Waals surface area contributed by atoms with Crippen molar-refractivity contribution in [1.82, 2.24) is 24.8 Å². The number of hydrazone groups is 1. The zero-order chi connectivity index (χ0) is 22.1. The minimum Gasteiger partial charge on any atom is -0.329 e. The van der Waals surface area contributed by atoms with Crippen molar-refractivity contribution < 1.29 is 9.18 Å². The molecule has 2 aromatic heterocycles. The Morgan fingerprint density at radius 1 is 1.23 bits per heavy atom. The Bertz CT molecular complexity index is 1310. The summed E-state index contributed by atoms with van der Waals surface area (Å²) in [4.78, 5) is 17.0. The van der Waals surface area contributed by atoms with Gasteiger partial charge in [-0.05, 0) is 63.2 Å². The van der Waals surface area contributed by atoms with Crippen LogP contribution in [0.3, 0.4) is 0 Å². The smallest absolute Gasteiger partial charge is 0.271 e. The Kier molecular flexibility index (Phi) is 5.56. The van der Waals surface area contributed by atoms with Gasteiger partial charge in [0.2, 0.25) is 0 Å². The molecule has 0 unspecified atom stereocenters. The third-order valence-corrected chi connectivity index (χ3v) is 5.36. The van der Waals surface area contributed by atoms with Crippen LogP contribution in [0.5, 0.6) is 0 Å². The lowest BCUT2D eigenvalue weighted by molar-refractivity contribution is 0.0955. The molecule has 0 radical (unpaired) electrons. The highest BCUT2D eigenvalue weighted by Gasteiger charge is 2.14. The van der Waals surface area contributed by atoms with Crippen LogP contribution < -0.4 is 5.43 Å². The predicted octanol–water partition coefficient (Wildman–Crippen LogP) is 4.42. The van der Waals surface area contributed by atoms with E-state index in [0.29, 0.717) is 27.7 Å². The van der Waals surface area contributed by atoms with E-state index >= 15 is 0 Å². The van der Waals surface area contributed by atoms with Crippen LogP contribution in [0.25, 0.3) is 16.7 Å². The van der Waals surface area contributed by atoms with Gasteiger partial charge in [-0.15, -0.1) is 0 Å². The van der Waals surface area contributed by atoms with Gasteiger partial charge in [0.1, 0.15) is 16.8 Å². The van der Waals surface area contributed by atoms with Gasteiger partial charge >= 0.3 is 0 Å². The van der Waals surface area contributed by atoms with Crippen molar-refractivity contribution in [3.8, 4) is 5.69 Å². The summed E-state index contributed by atoms with van der Waals surface area (Å²) >= 11 is 6.42. The van der Waals surface area contributed by atoms with Crippen molar-refractivity contribution in [3.63, 3.8) is 0 Å². The number of fused-ring (bicyclic) bond motifs is 1. The molecule has 4 rings (SSSR count). The van der Waals surface area contributed by atoms with Gasteiger partial charge in [0.05, 0.1) is 34.2 Å². The topological polar surface area (TPSA) is 77.1 Å². The lowest BCUT2D eigenvalue weighted by Crippen LogP contribution is -2.17. The number of carbonyl (C=O) groups excluding carboxylic acids is 1. The number of hydrogen-bond acceptors (Lipinski definition) is 4. The molecule has 0 fully saturated rings. The number of rotatable bonds is 5. The predicted molar refractivity (Wildman–Crippen MR) is 118 cm³/mol. The Morgan fingerprint density at radius 3 is 2.68 bits per heavy atom. The van der Waals surface area contributed by atoms with E-state index in [0.717, 1.165) is 23.4 Å². The number of aryl methyl sites for hydroxylation is 3. The number of nitrogens with one attached hydrogen (secondary N) is 1. The molecule has 1 N–H and O–H groups in total. The second kappa shape index (κ2) is 8.31. The molecule has 1 amide bonds. The highest BCUT2D eigenvalue weighted by Crippen LogP contribution is 2.22. The number of benzene rings is 2. The molecule has 0 bridgehead atoms. The van der Waals surface area contributed by atoms with E-state index in [9.17, 15) is 9.18 Å². The van der Waals surface area contributed by atoms with Crippen LogP contribution in [0.1, 0.15) is 34.4 Å². The van der Waals surface area contributed by atoms with E-state index in [1.165, 1.54) is 23.0 Å². The van der Waals surface area contributed by atoms with Gasteiger partial charge in [0, 0.05) is 12.1 Å². The zero-order valence-corrected chi connectivity index (χ0v) is 18.0. The monoisotopic (exact) mass is 438 g/mol. The number of halogens is 2. The molecule has 0 saturated carbocycles. The number of amides is 1. The summed E-state index contributed by atoms with van der Waals surface area (Å²) in [6, 6.07) is 11.2. The van der Waals surface area contributed by atoms with E-state index in [1.54, 1.807) is 31.2 Å². The SMILES string of the molecule is CCn1c(C)nc2cc(C(=O)N/N=C/c3c(C)nn(-c4ccc(F)cc4)c3Cl)ccc21. The van der Waals surface area contributed by atoms with Crippen LogP contribution >= 0.6 is 11.6 Å². The van der Waals surface area contributed by atoms with E-state index < -0.39 is 0 Å². The highest BCUT2D eigenvalue weighted by atomic mass is 35.5. The fourth-order valence-electron chi connectivity index (χ4n) is 3.42. The first-order valence-electron chi connectivity index (χ1n) is 9.70. The Labute approximate surface area is 183 Å². The third kappa shape index (κ3) is 3.94. The Morgan fingerprint density at radius 2 is 1.97 bits per heavy atom. The Hall–Kier alpha value is -3.52. The Balaban J connectivity index is 1.53. The van der Waals surface area contributed by atoms with Crippen LogP contribution in [0.4, 0.5) is 4.39 Å². The van der Waals surface area contributed by atoms with Crippen LogP contribution in [0.15, 0.2) is 47.6 Å². The first-order valence-corrected chi connectivity index (χ1v) is 10.1. The van der Waals surface area contributed by atoms with Crippen molar-refractivity contribution >= 4 is 34.8 Å². The first-order chi connectivity index (χ1) is 14.9. The van der Waals surface area contributed by atoms with E-state index in [2.05, 4.69) is 32.1 Å².